The van der Waals surface area contributed by atoms with Crippen molar-refractivity contribution < 1.29 is 242 Å². The van der Waals surface area contributed by atoms with Crippen LogP contribution in [0, 0.1) is 0 Å². The van der Waals surface area contributed by atoms with Crippen LogP contribution in [0.4, 0.5) is 0 Å². The maximum atomic E-state index is 11.1. The molecule has 0 aromatic carbocycles. The lowest BCUT2D eigenvalue weighted by atomic mass is 10.0. The first-order chi connectivity index (χ1) is 51.8. The van der Waals surface area contributed by atoms with E-state index in [1.54, 1.807) is 0 Å². The Hall–Kier alpha value is -1.96. The predicted octanol–water partition coefficient (Wildman–Crippen LogP) is -19.5. The van der Waals surface area contributed by atoms with Gasteiger partial charge in [-0.05, 0) is 0 Å². The molecule has 0 saturated carbocycles. The van der Waals surface area contributed by atoms with E-state index in [-0.39, 0.29) is 0 Å². The molecule has 48 atom stereocenters. The van der Waals surface area contributed by atoms with Gasteiger partial charge in [0.05, 0.1) is 79.3 Å². The van der Waals surface area contributed by atoms with Gasteiger partial charge in [-0.1, -0.05) is 0 Å². The van der Waals surface area contributed by atoms with Crippen LogP contribution in [0.25, 0.3) is 0 Å². The summed E-state index contributed by atoms with van der Waals surface area (Å²) in [6.07, 6.45) is -81.6. The fourth-order valence-corrected chi connectivity index (χ4v) is 13.8. The van der Waals surface area contributed by atoms with E-state index < -0.39 is 375 Å². The average molecular weight is 1600 g/mol. The Kier molecular flexibility index (Phi) is 29.6. The molecule has 0 spiro atoms. The van der Waals surface area contributed by atoms with Crippen molar-refractivity contribution in [3.05, 3.63) is 0 Å². The zero-order valence-electron chi connectivity index (χ0n) is 57.2. The minimum absolute atomic E-state index is 0.405. The molecular formula is C60H98O49. The van der Waals surface area contributed by atoms with Gasteiger partial charge in [0.25, 0.3) is 0 Å². The van der Waals surface area contributed by atoms with Crippen molar-refractivity contribution in [3.8, 4) is 0 Å². The summed E-state index contributed by atoms with van der Waals surface area (Å²) in [5.74, 6) is 0. The average Bonchev–Trinajstić information content (AvgIpc) is 0.793. The lowest BCUT2D eigenvalue weighted by Gasteiger charge is -2.46. The Labute approximate surface area is 614 Å². The van der Waals surface area contributed by atoms with E-state index in [0.29, 0.717) is 0 Å². The van der Waals surface area contributed by atoms with E-state index in [2.05, 4.69) is 0 Å². The van der Waals surface area contributed by atoms with E-state index in [1.165, 1.54) is 0 Å². The van der Waals surface area contributed by atoms with Crippen molar-refractivity contribution in [3.63, 3.8) is 0 Å². The third-order valence-corrected chi connectivity index (χ3v) is 20.7. The Morgan fingerprint density at radius 2 is 0.248 bits per heavy atom. The standard InChI is InChI=1S/C60H98O49/c61-13-1-88-50(38(75)25(13)62)100-15-3-90-52(40(77)27(15)64)102-17-5-92-54(42(79)29(17)66)104-19-7-94-56(44(81)31(19)68)106-21-9-96-58(46(83)33(21)70)108-23-11-98-60(48(85)35(23)72)109-24-12-97-59(47(84)36(24)73)107-22-10-95-57(45(82)34(22)71)105-20-8-93-55(43(80)32(20)69)103-18-6-91-53(41(78)30(18)67)101-16-4-89-51(39(76)28(16)65)99-14-2-87-49(86)37(74)26(14)63/h13-86H,1-12H2. The van der Waals surface area contributed by atoms with Crippen LogP contribution in [0.2, 0.25) is 0 Å². The van der Waals surface area contributed by atoms with Crippen LogP contribution in [0.3, 0.4) is 0 Å². The highest BCUT2D eigenvalue weighted by molar-refractivity contribution is 4.98. The molecular weight excluding hydrogens is 1500 g/mol. The molecule has 0 bridgehead atoms. The van der Waals surface area contributed by atoms with Gasteiger partial charge in [0, 0.05) is 0 Å². The second-order valence-corrected chi connectivity index (χ2v) is 28.2. The van der Waals surface area contributed by atoms with Crippen LogP contribution >= 0.6 is 0 Å². The second-order valence-electron chi connectivity index (χ2n) is 28.2. The summed E-state index contributed by atoms with van der Waals surface area (Å²) in [5, 5.41) is 279. The van der Waals surface area contributed by atoms with Crippen LogP contribution in [0.15, 0.2) is 0 Å². The summed E-state index contributed by atoms with van der Waals surface area (Å²) in [6, 6.07) is 0. The van der Waals surface area contributed by atoms with E-state index in [1.807, 2.05) is 0 Å². The smallest absolute Gasteiger partial charge is 0.186 e. The number of ether oxygens (including phenoxy) is 23. The van der Waals surface area contributed by atoms with E-state index >= 15 is 0 Å². The first-order valence-electron chi connectivity index (χ1n) is 35.1. The van der Waals surface area contributed by atoms with Gasteiger partial charge in [-0.25, -0.2) is 0 Å². The van der Waals surface area contributed by atoms with Gasteiger partial charge in [0.1, 0.15) is 220 Å². The fraction of sp³-hybridized carbons (Fsp3) is 1.00. The molecule has 12 aliphatic heterocycles. The van der Waals surface area contributed by atoms with Gasteiger partial charge >= 0.3 is 0 Å². The zero-order chi connectivity index (χ0) is 78.5. The van der Waals surface area contributed by atoms with Gasteiger partial charge in [-0.2, -0.15) is 0 Å². The molecule has 12 rings (SSSR count). The Balaban J connectivity index is 0.520. The summed E-state index contributed by atoms with van der Waals surface area (Å²) in [7, 11) is 0. The molecule has 12 fully saturated rings. The Morgan fingerprint density at radius 1 is 0.128 bits per heavy atom. The Morgan fingerprint density at radius 3 is 0.404 bits per heavy atom. The molecule has 26 N–H and O–H groups in total. The molecule has 0 aromatic rings. The lowest BCUT2D eigenvalue weighted by Crippen LogP contribution is -2.64. The number of hydrogen-bond acceptors (Lipinski definition) is 49. The van der Waals surface area contributed by atoms with Crippen molar-refractivity contribution in [1.82, 2.24) is 0 Å². The van der Waals surface area contributed by atoms with E-state index in [4.69, 9.17) is 109 Å². The van der Waals surface area contributed by atoms with Crippen molar-refractivity contribution in [2.75, 3.05) is 79.3 Å². The first kappa shape index (κ1) is 86.4. The monoisotopic (exact) mass is 1600 g/mol. The summed E-state index contributed by atoms with van der Waals surface area (Å²) in [4.78, 5) is 0. The molecule has 0 radical (unpaired) electrons. The highest BCUT2D eigenvalue weighted by Crippen LogP contribution is 2.36. The number of aliphatic hydroxyl groups is 26. The normalized spacial score (nSPS) is 54.8. The maximum Gasteiger partial charge on any atom is 0.186 e. The lowest BCUT2D eigenvalue weighted by molar-refractivity contribution is -0.371. The predicted molar refractivity (Wildman–Crippen MR) is 323 cm³/mol. The molecule has 0 aliphatic carbocycles. The topological polar surface area (TPSA) is 738 Å². The van der Waals surface area contributed by atoms with Gasteiger partial charge in [-0.3, -0.25) is 0 Å². The Bertz CT molecular complexity index is 2610. The van der Waals surface area contributed by atoms with Gasteiger partial charge in [0.2, 0.25) is 0 Å². The molecule has 49 nitrogen and oxygen atoms in total. The molecule has 12 saturated heterocycles. The minimum Gasteiger partial charge on any atom is -0.388 e. The van der Waals surface area contributed by atoms with E-state index in [0.717, 1.165) is 0 Å². The molecule has 632 valence electrons. The molecule has 48 unspecified atom stereocenters. The second kappa shape index (κ2) is 37.3. The molecule has 12 heterocycles. The fourth-order valence-electron chi connectivity index (χ4n) is 13.8. The molecule has 0 aromatic heterocycles. The van der Waals surface area contributed by atoms with Gasteiger partial charge in [0.15, 0.2) is 75.5 Å². The summed E-state index contributed by atoms with van der Waals surface area (Å²) >= 11 is 0. The highest BCUT2D eigenvalue weighted by Gasteiger charge is 2.56. The maximum absolute atomic E-state index is 11.1. The molecule has 0 amide bonds. The summed E-state index contributed by atoms with van der Waals surface area (Å²) < 4.78 is 127. The largest absolute Gasteiger partial charge is 0.388 e. The van der Waals surface area contributed by atoms with E-state index in [9.17, 15) is 133 Å². The summed E-state index contributed by atoms with van der Waals surface area (Å²) in [6.45, 7) is -6.32. The van der Waals surface area contributed by atoms with Crippen molar-refractivity contribution in [1.29, 1.82) is 0 Å². The quantitative estimate of drug-likeness (QED) is 0.0479. The molecule has 12 aliphatic rings. The minimum atomic E-state index is -1.97. The molecule has 49 heteroatoms. The number of hydrogen-bond donors (Lipinski definition) is 26. The van der Waals surface area contributed by atoms with Gasteiger partial charge in [-0.15, -0.1) is 0 Å². The third-order valence-electron chi connectivity index (χ3n) is 20.7. The number of aliphatic hydroxyl groups excluding tert-OH is 26. The van der Waals surface area contributed by atoms with Crippen LogP contribution < -0.4 is 0 Å². The zero-order valence-corrected chi connectivity index (χ0v) is 57.2. The molecule has 109 heavy (non-hydrogen) atoms. The van der Waals surface area contributed by atoms with Crippen molar-refractivity contribution in [2.24, 2.45) is 0 Å². The van der Waals surface area contributed by atoms with Crippen LogP contribution in [-0.2, 0) is 109 Å². The van der Waals surface area contributed by atoms with Crippen molar-refractivity contribution in [2.45, 2.75) is 295 Å². The van der Waals surface area contributed by atoms with Crippen LogP contribution in [-0.4, -0.2) is 507 Å². The van der Waals surface area contributed by atoms with Crippen LogP contribution in [0.5, 0.6) is 0 Å². The SMILES string of the molecule is OC1COC(OC2COC(OC3COC(OC4COC(OC5COC(OC6COC(OC7COC(OC8COC(OC9COC(OC%10COC(OC%11COC(OC%12COC(O)C(O)C%12O)C(O)C%11O)C(O)C%10O)C(O)C9O)C(O)C8O)C(O)C7O)C(O)C6O)C(O)C5O)C(O)C4O)C(O)C3O)C(O)C2O)C(O)C1O. The highest BCUT2D eigenvalue weighted by atomic mass is 16.8. The number of rotatable bonds is 22. The third kappa shape index (κ3) is 19.0. The van der Waals surface area contributed by atoms with Crippen LogP contribution in [0.1, 0.15) is 0 Å². The van der Waals surface area contributed by atoms with Crippen molar-refractivity contribution >= 4 is 0 Å². The van der Waals surface area contributed by atoms with Gasteiger partial charge < -0.3 is 242 Å². The summed E-state index contributed by atoms with van der Waals surface area (Å²) in [5.41, 5.74) is 0. The first-order valence-corrected chi connectivity index (χ1v) is 35.1.